The van der Waals surface area contributed by atoms with Gasteiger partial charge in [-0.15, -0.1) is 0 Å². The summed E-state index contributed by atoms with van der Waals surface area (Å²) in [5.41, 5.74) is 2.14. The third-order valence-corrected chi connectivity index (χ3v) is 2.94. The predicted octanol–water partition coefficient (Wildman–Crippen LogP) is 2.09. The van der Waals surface area contributed by atoms with Crippen molar-refractivity contribution in [2.24, 2.45) is 0 Å². The molecule has 2 rings (SSSR count). The zero-order valence-electron chi connectivity index (χ0n) is 11.8. The SMILES string of the molecule is CCCn1cc(C(NCC)c2ccnc(C)n2)cn1. The van der Waals surface area contributed by atoms with Crippen LogP contribution in [0.25, 0.3) is 0 Å². The highest BCUT2D eigenvalue weighted by Crippen LogP contribution is 2.19. The lowest BCUT2D eigenvalue weighted by Crippen LogP contribution is -2.23. The van der Waals surface area contributed by atoms with Gasteiger partial charge in [0.2, 0.25) is 0 Å². The average Bonchev–Trinajstić information content (AvgIpc) is 2.85. The van der Waals surface area contributed by atoms with Crippen LogP contribution in [0.15, 0.2) is 24.7 Å². The van der Waals surface area contributed by atoms with Crippen molar-refractivity contribution in [3.8, 4) is 0 Å². The lowest BCUT2D eigenvalue weighted by atomic mass is 10.1. The van der Waals surface area contributed by atoms with E-state index in [4.69, 9.17) is 0 Å². The van der Waals surface area contributed by atoms with Gasteiger partial charge in [0, 0.05) is 24.5 Å². The lowest BCUT2D eigenvalue weighted by molar-refractivity contribution is 0.593. The number of aryl methyl sites for hydroxylation is 2. The molecule has 102 valence electrons. The van der Waals surface area contributed by atoms with Gasteiger partial charge >= 0.3 is 0 Å². The topological polar surface area (TPSA) is 55.6 Å². The first-order valence-electron chi connectivity index (χ1n) is 6.79. The van der Waals surface area contributed by atoms with Gasteiger partial charge in [-0.2, -0.15) is 5.10 Å². The molecule has 1 atom stereocenters. The van der Waals surface area contributed by atoms with Gasteiger partial charge in [0.1, 0.15) is 5.82 Å². The summed E-state index contributed by atoms with van der Waals surface area (Å²) < 4.78 is 1.98. The van der Waals surface area contributed by atoms with E-state index in [0.717, 1.165) is 36.6 Å². The fraction of sp³-hybridized carbons (Fsp3) is 0.500. The fourth-order valence-electron chi connectivity index (χ4n) is 2.11. The van der Waals surface area contributed by atoms with Crippen LogP contribution in [0.4, 0.5) is 0 Å². The van der Waals surface area contributed by atoms with Crippen molar-refractivity contribution in [3.63, 3.8) is 0 Å². The molecule has 2 aromatic heterocycles. The van der Waals surface area contributed by atoms with Crippen LogP contribution in [-0.2, 0) is 6.54 Å². The second-order valence-corrected chi connectivity index (χ2v) is 4.56. The van der Waals surface area contributed by atoms with Crippen molar-refractivity contribution in [2.45, 2.75) is 39.8 Å². The first-order valence-corrected chi connectivity index (χ1v) is 6.79. The van der Waals surface area contributed by atoms with E-state index in [2.05, 4.69) is 40.4 Å². The molecule has 2 aromatic rings. The maximum Gasteiger partial charge on any atom is 0.125 e. The molecule has 1 unspecified atom stereocenters. The molecule has 2 heterocycles. The monoisotopic (exact) mass is 259 g/mol. The highest BCUT2D eigenvalue weighted by atomic mass is 15.3. The van der Waals surface area contributed by atoms with Crippen molar-refractivity contribution in [1.29, 1.82) is 0 Å². The molecule has 0 aliphatic carbocycles. The summed E-state index contributed by atoms with van der Waals surface area (Å²) in [7, 11) is 0. The Morgan fingerprint density at radius 2 is 2.21 bits per heavy atom. The highest BCUT2D eigenvalue weighted by molar-refractivity contribution is 5.23. The molecule has 0 fully saturated rings. The smallest absolute Gasteiger partial charge is 0.125 e. The number of hydrogen-bond acceptors (Lipinski definition) is 4. The number of nitrogens with one attached hydrogen (secondary N) is 1. The van der Waals surface area contributed by atoms with Gasteiger partial charge in [-0.05, 0) is 26.0 Å². The Hall–Kier alpha value is -1.75. The number of aromatic nitrogens is 4. The fourth-order valence-corrected chi connectivity index (χ4v) is 2.11. The summed E-state index contributed by atoms with van der Waals surface area (Å²) in [6.07, 6.45) is 6.90. The lowest BCUT2D eigenvalue weighted by Gasteiger charge is -2.15. The molecule has 0 aliphatic heterocycles. The van der Waals surface area contributed by atoms with Crippen molar-refractivity contribution in [2.75, 3.05) is 6.54 Å². The van der Waals surface area contributed by atoms with Gasteiger partial charge in [-0.25, -0.2) is 9.97 Å². The molecular formula is C14H21N5. The minimum atomic E-state index is 0.0808. The quantitative estimate of drug-likeness (QED) is 0.863. The molecule has 0 saturated heterocycles. The third kappa shape index (κ3) is 3.38. The predicted molar refractivity (Wildman–Crippen MR) is 74.8 cm³/mol. The van der Waals surface area contributed by atoms with E-state index in [0.29, 0.717) is 0 Å². The number of nitrogens with zero attached hydrogens (tertiary/aromatic N) is 4. The van der Waals surface area contributed by atoms with Gasteiger partial charge in [0.05, 0.1) is 17.9 Å². The van der Waals surface area contributed by atoms with Crippen LogP contribution in [-0.4, -0.2) is 26.3 Å². The van der Waals surface area contributed by atoms with Gasteiger partial charge in [-0.3, -0.25) is 4.68 Å². The van der Waals surface area contributed by atoms with Crippen LogP contribution in [0.5, 0.6) is 0 Å². The summed E-state index contributed by atoms with van der Waals surface area (Å²) in [5, 5.41) is 7.84. The van der Waals surface area contributed by atoms with Crippen LogP contribution >= 0.6 is 0 Å². The van der Waals surface area contributed by atoms with Crippen LogP contribution in [0.1, 0.15) is 43.4 Å². The van der Waals surface area contributed by atoms with E-state index < -0.39 is 0 Å². The maximum absolute atomic E-state index is 4.51. The second kappa shape index (κ2) is 6.43. The molecule has 0 spiro atoms. The van der Waals surface area contributed by atoms with Gasteiger partial charge in [0.15, 0.2) is 0 Å². The third-order valence-electron chi connectivity index (χ3n) is 2.94. The van der Waals surface area contributed by atoms with Gasteiger partial charge in [0.25, 0.3) is 0 Å². The first kappa shape index (κ1) is 13.7. The first-order chi connectivity index (χ1) is 9.24. The summed E-state index contributed by atoms with van der Waals surface area (Å²) in [6.45, 7) is 7.98. The van der Waals surface area contributed by atoms with Crippen molar-refractivity contribution >= 4 is 0 Å². The molecule has 19 heavy (non-hydrogen) atoms. The maximum atomic E-state index is 4.51. The molecule has 0 radical (unpaired) electrons. The summed E-state index contributed by atoms with van der Waals surface area (Å²) >= 11 is 0. The molecule has 0 aliphatic rings. The van der Waals surface area contributed by atoms with Crippen LogP contribution in [0.2, 0.25) is 0 Å². The number of rotatable bonds is 6. The molecule has 0 amide bonds. The zero-order valence-corrected chi connectivity index (χ0v) is 11.8. The summed E-state index contributed by atoms with van der Waals surface area (Å²) in [6, 6.07) is 2.04. The molecule has 5 heteroatoms. The summed E-state index contributed by atoms with van der Waals surface area (Å²) in [5.74, 6) is 0.793. The van der Waals surface area contributed by atoms with E-state index >= 15 is 0 Å². The molecule has 0 saturated carbocycles. The van der Waals surface area contributed by atoms with Gasteiger partial charge in [-0.1, -0.05) is 13.8 Å². The van der Waals surface area contributed by atoms with E-state index in [-0.39, 0.29) is 6.04 Å². The standard InChI is InChI=1S/C14H21N5/c1-4-8-19-10-12(9-17-19)14(15-5-2)13-6-7-16-11(3)18-13/h6-7,9-10,14-15H,4-5,8H2,1-3H3. The van der Waals surface area contributed by atoms with Crippen molar-refractivity contribution in [3.05, 3.63) is 41.7 Å². The van der Waals surface area contributed by atoms with E-state index in [1.54, 1.807) is 6.20 Å². The van der Waals surface area contributed by atoms with Crippen LogP contribution in [0.3, 0.4) is 0 Å². The molecule has 1 N–H and O–H groups in total. The van der Waals surface area contributed by atoms with E-state index in [9.17, 15) is 0 Å². The van der Waals surface area contributed by atoms with Gasteiger partial charge < -0.3 is 5.32 Å². The molecular weight excluding hydrogens is 238 g/mol. The molecule has 0 bridgehead atoms. The minimum Gasteiger partial charge on any atom is -0.305 e. The average molecular weight is 259 g/mol. The van der Waals surface area contributed by atoms with Crippen molar-refractivity contribution in [1.82, 2.24) is 25.1 Å². The van der Waals surface area contributed by atoms with Crippen LogP contribution < -0.4 is 5.32 Å². The summed E-state index contributed by atoms with van der Waals surface area (Å²) in [4.78, 5) is 8.66. The largest absolute Gasteiger partial charge is 0.305 e. The Balaban J connectivity index is 2.28. The van der Waals surface area contributed by atoms with E-state index in [1.807, 2.05) is 23.9 Å². The minimum absolute atomic E-state index is 0.0808. The van der Waals surface area contributed by atoms with Crippen molar-refractivity contribution < 1.29 is 0 Å². The zero-order chi connectivity index (χ0) is 13.7. The Kier molecular flexibility index (Phi) is 4.63. The molecule has 5 nitrogen and oxygen atoms in total. The normalized spacial score (nSPS) is 12.6. The Morgan fingerprint density at radius 3 is 2.89 bits per heavy atom. The Morgan fingerprint density at radius 1 is 1.37 bits per heavy atom. The molecule has 0 aromatic carbocycles. The number of hydrogen-bond donors (Lipinski definition) is 1. The Bertz CT molecular complexity index is 520. The Labute approximate surface area is 114 Å². The highest BCUT2D eigenvalue weighted by Gasteiger charge is 2.16. The van der Waals surface area contributed by atoms with E-state index in [1.165, 1.54) is 0 Å². The van der Waals surface area contributed by atoms with Crippen LogP contribution in [0, 0.1) is 6.92 Å². The second-order valence-electron chi connectivity index (χ2n) is 4.56.